The number of likely N-dealkylation sites (tertiary alicyclic amines) is 1. The van der Waals surface area contributed by atoms with Gasteiger partial charge in [-0.2, -0.15) is 0 Å². The Kier molecular flexibility index (Phi) is 4.29. The maximum atomic E-state index is 12.2. The Morgan fingerprint density at radius 1 is 1.23 bits per heavy atom. The van der Waals surface area contributed by atoms with Crippen LogP contribution in [0.1, 0.15) is 31.2 Å². The number of amides is 1. The molecule has 1 N–H and O–H groups in total. The Labute approximate surface area is 131 Å². The number of nitrogens with one attached hydrogen (secondary N) is 1. The van der Waals surface area contributed by atoms with Gasteiger partial charge in [-0.05, 0) is 38.8 Å². The highest BCUT2D eigenvalue weighted by molar-refractivity contribution is 5.83. The van der Waals surface area contributed by atoms with Gasteiger partial charge in [0.1, 0.15) is 0 Å². The first-order valence-electron chi connectivity index (χ1n) is 8.08. The van der Waals surface area contributed by atoms with E-state index < -0.39 is 0 Å². The van der Waals surface area contributed by atoms with Crippen LogP contribution in [0.15, 0.2) is 12.4 Å². The van der Waals surface area contributed by atoms with E-state index in [2.05, 4.69) is 20.2 Å². The predicted molar refractivity (Wildman–Crippen MR) is 85.5 cm³/mol. The summed E-state index contributed by atoms with van der Waals surface area (Å²) in [6.45, 7) is 3.66. The molecule has 0 atom stereocenters. The minimum absolute atomic E-state index is 0.0972. The number of anilines is 1. The molecular weight excluding hydrogens is 278 g/mol. The highest BCUT2D eigenvalue weighted by Crippen LogP contribution is 2.38. The van der Waals surface area contributed by atoms with Crippen molar-refractivity contribution in [2.24, 2.45) is 5.41 Å². The van der Waals surface area contributed by atoms with Crippen molar-refractivity contribution in [3.63, 3.8) is 0 Å². The van der Waals surface area contributed by atoms with E-state index in [1.54, 1.807) is 0 Å². The largest absolute Gasteiger partial charge is 0.356 e. The second-order valence-electron chi connectivity index (χ2n) is 6.70. The lowest BCUT2D eigenvalue weighted by atomic mass is 9.72. The average molecular weight is 303 g/mol. The van der Waals surface area contributed by atoms with E-state index in [0.29, 0.717) is 0 Å². The van der Waals surface area contributed by atoms with Crippen LogP contribution in [0.2, 0.25) is 0 Å². The van der Waals surface area contributed by atoms with Gasteiger partial charge < -0.3 is 10.2 Å². The molecule has 6 nitrogen and oxygen atoms in total. The molecule has 0 radical (unpaired) electrons. The molecule has 6 heteroatoms. The van der Waals surface area contributed by atoms with E-state index in [9.17, 15) is 4.79 Å². The number of hydrogen-bond donors (Lipinski definition) is 1. The normalized spacial score (nSPS) is 21.6. The predicted octanol–water partition coefficient (Wildman–Crippen LogP) is 1.03. The Hall–Kier alpha value is -1.69. The summed E-state index contributed by atoms with van der Waals surface area (Å²) < 4.78 is 0. The van der Waals surface area contributed by atoms with Crippen molar-refractivity contribution in [1.82, 2.24) is 20.2 Å². The first kappa shape index (κ1) is 15.2. The summed E-state index contributed by atoms with van der Waals surface area (Å²) in [5.74, 6) is 1.01. The highest BCUT2D eigenvalue weighted by atomic mass is 16.2. The zero-order valence-electron chi connectivity index (χ0n) is 13.5. The van der Waals surface area contributed by atoms with Crippen LogP contribution in [0.25, 0.3) is 0 Å². The second kappa shape index (κ2) is 6.20. The zero-order valence-corrected chi connectivity index (χ0v) is 13.5. The van der Waals surface area contributed by atoms with Gasteiger partial charge in [0.25, 0.3) is 0 Å². The third-order valence-corrected chi connectivity index (χ3v) is 4.91. The summed E-state index contributed by atoms with van der Waals surface area (Å²) in [5.41, 5.74) is 1.04. The molecule has 2 saturated heterocycles. The molecule has 1 amide bonds. The zero-order chi connectivity index (χ0) is 15.6. The molecule has 2 fully saturated rings. The van der Waals surface area contributed by atoms with E-state index in [-0.39, 0.29) is 11.3 Å². The van der Waals surface area contributed by atoms with E-state index in [0.717, 1.165) is 63.4 Å². The molecule has 1 aromatic heterocycles. The molecule has 0 aliphatic carbocycles. The molecule has 0 unspecified atom stereocenters. The Morgan fingerprint density at radius 2 is 1.91 bits per heavy atom. The molecular formula is C16H25N5O. The van der Waals surface area contributed by atoms with Crippen molar-refractivity contribution >= 4 is 11.9 Å². The van der Waals surface area contributed by atoms with E-state index >= 15 is 0 Å². The molecule has 0 saturated carbocycles. The van der Waals surface area contributed by atoms with Crippen molar-refractivity contribution in [2.45, 2.75) is 32.2 Å². The fourth-order valence-corrected chi connectivity index (χ4v) is 3.46. The van der Waals surface area contributed by atoms with E-state index in [1.165, 1.54) is 0 Å². The first-order chi connectivity index (χ1) is 10.6. The van der Waals surface area contributed by atoms with Crippen LogP contribution >= 0.6 is 0 Å². The summed E-state index contributed by atoms with van der Waals surface area (Å²) >= 11 is 0. The fourth-order valence-electron chi connectivity index (χ4n) is 3.46. The van der Waals surface area contributed by atoms with Crippen LogP contribution in [0.4, 0.5) is 5.95 Å². The third-order valence-electron chi connectivity index (χ3n) is 4.91. The molecule has 120 valence electrons. The molecule has 1 spiro atoms. The van der Waals surface area contributed by atoms with Crippen LogP contribution in [-0.2, 0) is 11.3 Å². The van der Waals surface area contributed by atoms with Crippen molar-refractivity contribution in [3.8, 4) is 0 Å². The van der Waals surface area contributed by atoms with Gasteiger partial charge in [-0.15, -0.1) is 0 Å². The summed E-state index contributed by atoms with van der Waals surface area (Å²) in [6, 6.07) is 0. The van der Waals surface area contributed by atoms with Crippen LogP contribution in [0.3, 0.4) is 0 Å². The maximum absolute atomic E-state index is 12.2. The van der Waals surface area contributed by atoms with Gasteiger partial charge in [0.2, 0.25) is 11.9 Å². The summed E-state index contributed by atoms with van der Waals surface area (Å²) in [4.78, 5) is 25.2. The third kappa shape index (κ3) is 3.06. The molecule has 1 aromatic rings. The van der Waals surface area contributed by atoms with Gasteiger partial charge in [0.15, 0.2) is 0 Å². The number of carbonyl (C=O) groups excluding carboxylic acids is 1. The summed E-state index contributed by atoms with van der Waals surface area (Å²) in [6.07, 6.45) is 7.91. The smallest absolute Gasteiger partial charge is 0.226 e. The minimum atomic E-state index is -0.0972. The van der Waals surface area contributed by atoms with Gasteiger partial charge >= 0.3 is 0 Å². The van der Waals surface area contributed by atoms with Crippen molar-refractivity contribution in [1.29, 1.82) is 0 Å². The number of hydrogen-bond acceptors (Lipinski definition) is 5. The maximum Gasteiger partial charge on any atom is 0.226 e. The van der Waals surface area contributed by atoms with Crippen LogP contribution in [0, 0.1) is 5.41 Å². The van der Waals surface area contributed by atoms with E-state index in [1.807, 2.05) is 31.4 Å². The highest BCUT2D eigenvalue weighted by Gasteiger charge is 2.42. The molecule has 22 heavy (non-hydrogen) atoms. The monoisotopic (exact) mass is 303 g/mol. The van der Waals surface area contributed by atoms with Crippen molar-refractivity contribution in [3.05, 3.63) is 18.0 Å². The number of aromatic nitrogens is 2. The summed E-state index contributed by atoms with van der Waals surface area (Å²) in [7, 11) is 3.88. The Morgan fingerprint density at radius 3 is 2.50 bits per heavy atom. The molecule has 0 aromatic carbocycles. The molecule has 0 bridgehead atoms. The lowest BCUT2D eigenvalue weighted by molar-refractivity contribution is -0.136. The molecule has 2 aliphatic rings. The number of piperidine rings is 2. The van der Waals surface area contributed by atoms with Crippen LogP contribution < -0.4 is 10.2 Å². The molecule has 3 rings (SSSR count). The van der Waals surface area contributed by atoms with E-state index in [4.69, 9.17) is 0 Å². The summed E-state index contributed by atoms with van der Waals surface area (Å²) in [5, 5.41) is 3.04. The van der Waals surface area contributed by atoms with Gasteiger partial charge in [-0.25, -0.2) is 9.97 Å². The average Bonchev–Trinajstić information content (AvgIpc) is 2.53. The van der Waals surface area contributed by atoms with Gasteiger partial charge in [0, 0.05) is 45.1 Å². The lowest BCUT2D eigenvalue weighted by Crippen LogP contribution is -2.51. The second-order valence-corrected chi connectivity index (χ2v) is 6.70. The fraction of sp³-hybridized carbons (Fsp3) is 0.688. The SMILES string of the molecule is CN(C)c1ncc(CN2CCC3(CCCNC3=O)CC2)cn1. The molecule has 2 aliphatic heterocycles. The lowest BCUT2D eigenvalue weighted by Gasteiger charge is -2.42. The van der Waals surface area contributed by atoms with Crippen molar-refractivity contribution in [2.75, 3.05) is 38.6 Å². The number of carbonyl (C=O) groups is 1. The van der Waals surface area contributed by atoms with Gasteiger partial charge in [0.05, 0.1) is 5.41 Å². The minimum Gasteiger partial charge on any atom is -0.356 e. The van der Waals surface area contributed by atoms with Crippen LogP contribution in [-0.4, -0.2) is 54.5 Å². The first-order valence-corrected chi connectivity index (χ1v) is 8.08. The Bertz CT molecular complexity index is 520. The van der Waals surface area contributed by atoms with Gasteiger partial charge in [-0.3, -0.25) is 9.69 Å². The standard InChI is InChI=1S/C16H25N5O/c1-20(2)15-18-10-13(11-19-15)12-21-8-5-16(6-9-21)4-3-7-17-14(16)22/h10-11H,3-9,12H2,1-2H3,(H,17,22). The number of rotatable bonds is 3. The quantitative estimate of drug-likeness (QED) is 0.904. The van der Waals surface area contributed by atoms with Crippen molar-refractivity contribution < 1.29 is 4.79 Å². The molecule has 3 heterocycles. The number of nitrogens with zero attached hydrogens (tertiary/aromatic N) is 4. The van der Waals surface area contributed by atoms with Crippen LogP contribution in [0.5, 0.6) is 0 Å². The Balaban J connectivity index is 1.56. The topological polar surface area (TPSA) is 61.4 Å². The van der Waals surface area contributed by atoms with Gasteiger partial charge in [-0.1, -0.05) is 0 Å².